The molecule has 1 N–H and O–H groups in total. The monoisotopic (exact) mass is 375 g/mol. The van der Waals surface area contributed by atoms with Crippen LogP contribution in [0.3, 0.4) is 0 Å². The van der Waals surface area contributed by atoms with Crippen molar-refractivity contribution < 1.29 is 14.3 Å². The smallest absolute Gasteiger partial charge is 0.312 e. The van der Waals surface area contributed by atoms with Crippen molar-refractivity contribution in [2.24, 2.45) is 17.3 Å². The summed E-state index contributed by atoms with van der Waals surface area (Å²) in [6.07, 6.45) is 4.83. The van der Waals surface area contributed by atoms with Crippen LogP contribution >= 0.6 is 11.6 Å². The molecule has 4 aliphatic rings. The van der Waals surface area contributed by atoms with E-state index in [9.17, 15) is 9.59 Å². The average molecular weight is 376 g/mol. The fraction of sp³-hybridized carbons (Fsp3) is 0.619. The number of ether oxygens (including phenoxy) is 1. The van der Waals surface area contributed by atoms with E-state index >= 15 is 0 Å². The minimum atomic E-state index is -0.817. The number of nitrogens with one attached hydrogen (secondary N) is 1. The van der Waals surface area contributed by atoms with Gasteiger partial charge in [0.15, 0.2) is 6.10 Å². The molecule has 0 spiro atoms. The molecule has 4 bridgehead atoms. The number of alkyl halides is 1. The van der Waals surface area contributed by atoms with Gasteiger partial charge in [0.05, 0.1) is 5.41 Å². The Morgan fingerprint density at radius 1 is 1.15 bits per heavy atom. The van der Waals surface area contributed by atoms with Crippen molar-refractivity contribution in [3.63, 3.8) is 0 Å². The minimum absolute atomic E-state index is 0.233. The first kappa shape index (κ1) is 17.8. The lowest BCUT2D eigenvalue weighted by atomic mass is 9.49. The third-order valence-electron chi connectivity index (χ3n) is 6.39. The number of hydrogen-bond donors (Lipinski definition) is 1. The highest BCUT2D eigenvalue weighted by atomic mass is 35.5. The number of aryl methyl sites for hydroxylation is 1. The second-order valence-corrected chi connectivity index (χ2v) is 9.60. The Bertz CT molecular complexity index is 715. The van der Waals surface area contributed by atoms with Crippen LogP contribution in [0, 0.1) is 24.2 Å². The molecule has 5 heteroatoms. The van der Waals surface area contributed by atoms with Crippen LogP contribution in [0.2, 0.25) is 0 Å². The normalized spacial score (nSPS) is 35.8. The molecule has 4 fully saturated rings. The lowest BCUT2D eigenvalue weighted by Crippen LogP contribution is -2.57. The molecular weight excluding hydrogens is 350 g/mol. The van der Waals surface area contributed by atoms with Gasteiger partial charge in [-0.3, -0.25) is 9.59 Å². The third kappa shape index (κ3) is 3.24. The summed E-state index contributed by atoms with van der Waals surface area (Å²) in [6.45, 7) is 3.63. The average Bonchev–Trinajstić information content (AvgIpc) is 2.54. The van der Waals surface area contributed by atoms with Gasteiger partial charge in [0.1, 0.15) is 0 Å². The van der Waals surface area contributed by atoms with E-state index in [2.05, 4.69) is 5.32 Å². The predicted octanol–water partition coefficient (Wildman–Crippen LogP) is 4.44. The van der Waals surface area contributed by atoms with Gasteiger partial charge in [-0.05, 0) is 76.3 Å². The highest BCUT2D eigenvalue weighted by Crippen LogP contribution is 2.64. The zero-order valence-corrected chi connectivity index (χ0v) is 16.1. The number of halogens is 1. The summed E-state index contributed by atoms with van der Waals surface area (Å²) in [4.78, 5) is 25.2. The van der Waals surface area contributed by atoms with Crippen molar-refractivity contribution in [3.8, 4) is 0 Å². The second kappa shape index (κ2) is 6.26. The molecule has 0 heterocycles. The van der Waals surface area contributed by atoms with E-state index in [0.717, 1.165) is 31.2 Å². The van der Waals surface area contributed by atoms with Gasteiger partial charge in [0.2, 0.25) is 0 Å². The van der Waals surface area contributed by atoms with Crippen molar-refractivity contribution in [3.05, 3.63) is 29.8 Å². The Kier molecular flexibility index (Phi) is 4.30. The number of benzene rings is 1. The molecule has 1 aromatic carbocycles. The van der Waals surface area contributed by atoms with Crippen LogP contribution in [-0.4, -0.2) is 22.9 Å². The third-order valence-corrected chi connectivity index (χ3v) is 6.84. The number of esters is 1. The number of carbonyl (C=O) groups excluding carboxylic acids is 2. The number of carbonyl (C=O) groups is 2. The molecule has 26 heavy (non-hydrogen) atoms. The Balaban J connectivity index is 1.41. The van der Waals surface area contributed by atoms with Gasteiger partial charge in [-0.2, -0.15) is 0 Å². The minimum Gasteiger partial charge on any atom is -0.452 e. The Labute approximate surface area is 159 Å². The fourth-order valence-electron chi connectivity index (χ4n) is 5.61. The van der Waals surface area contributed by atoms with E-state index in [1.54, 1.807) is 6.92 Å². The van der Waals surface area contributed by atoms with Gasteiger partial charge in [0, 0.05) is 10.6 Å². The van der Waals surface area contributed by atoms with Crippen molar-refractivity contribution >= 4 is 29.2 Å². The molecule has 4 saturated carbocycles. The lowest BCUT2D eigenvalue weighted by Gasteiger charge is -2.58. The molecular formula is C21H26ClNO3. The first-order valence-electron chi connectivity index (χ1n) is 9.55. The van der Waals surface area contributed by atoms with Crippen LogP contribution < -0.4 is 5.32 Å². The predicted molar refractivity (Wildman–Crippen MR) is 101 cm³/mol. The summed E-state index contributed by atoms with van der Waals surface area (Å²) in [5, 5.41) is 2.81. The highest BCUT2D eigenvalue weighted by molar-refractivity contribution is 6.24. The first-order chi connectivity index (χ1) is 12.3. The fourth-order valence-corrected chi connectivity index (χ4v) is 6.30. The molecule has 1 aromatic rings. The molecule has 5 atom stereocenters. The Morgan fingerprint density at radius 2 is 1.77 bits per heavy atom. The van der Waals surface area contributed by atoms with Crippen LogP contribution in [0.5, 0.6) is 0 Å². The van der Waals surface area contributed by atoms with Crippen LogP contribution in [0.4, 0.5) is 5.69 Å². The molecule has 0 radical (unpaired) electrons. The van der Waals surface area contributed by atoms with Crippen molar-refractivity contribution in [1.82, 2.24) is 0 Å². The molecule has 4 aliphatic carbocycles. The second-order valence-electron chi connectivity index (χ2n) is 8.80. The standard InChI is InChI=1S/C21H26ClNO3/c1-13-3-5-17(6-4-13)23-18(24)14(2)26-19(25)20-8-15-7-16(9-20)11-21(22,10-15)12-20/h3-6,14-16H,7-12H2,1-2H3,(H,23,24)/t14-,15-,16+,20?,21?/m1/s1. The molecule has 1 amide bonds. The molecule has 4 nitrogen and oxygen atoms in total. The summed E-state index contributed by atoms with van der Waals surface area (Å²) in [6, 6.07) is 7.56. The van der Waals surface area contributed by atoms with E-state index in [1.165, 1.54) is 6.42 Å². The summed E-state index contributed by atoms with van der Waals surface area (Å²) in [7, 11) is 0. The highest BCUT2D eigenvalue weighted by Gasteiger charge is 2.61. The summed E-state index contributed by atoms with van der Waals surface area (Å²) < 4.78 is 5.63. The number of amides is 1. The van der Waals surface area contributed by atoms with E-state index < -0.39 is 11.5 Å². The van der Waals surface area contributed by atoms with Gasteiger partial charge in [-0.25, -0.2) is 0 Å². The van der Waals surface area contributed by atoms with Crippen molar-refractivity contribution in [1.29, 1.82) is 0 Å². The topological polar surface area (TPSA) is 55.4 Å². The van der Waals surface area contributed by atoms with Crippen LogP contribution in [0.1, 0.15) is 51.0 Å². The van der Waals surface area contributed by atoms with E-state index in [-0.39, 0.29) is 16.8 Å². The number of anilines is 1. The Morgan fingerprint density at radius 3 is 2.35 bits per heavy atom. The van der Waals surface area contributed by atoms with Gasteiger partial charge < -0.3 is 10.1 Å². The van der Waals surface area contributed by atoms with Crippen molar-refractivity contribution in [2.75, 3.05) is 5.32 Å². The molecule has 0 aromatic heterocycles. The summed E-state index contributed by atoms with van der Waals surface area (Å²) >= 11 is 6.80. The summed E-state index contributed by atoms with van der Waals surface area (Å²) in [5.41, 5.74) is 1.35. The van der Waals surface area contributed by atoms with Gasteiger partial charge >= 0.3 is 5.97 Å². The van der Waals surface area contributed by atoms with Crippen molar-refractivity contribution in [2.45, 2.75) is 63.4 Å². The van der Waals surface area contributed by atoms with E-state index in [0.29, 0.717) is 23.9 Å². The zero-order chi connectivity index (χ0) is 18.5. The summed E-state index contributed by atoms with van der Waals surface area (Å²) in [5.74, 6) is 0.520. The maximum atomic E-state index is 13.0. The number of hydrogen-bond acceptors (Lipinski definition) is 3. The molecule has 5 rings (SSSR count). The maximum absolute atomic E-state index is 13.0. The number of rotatable bonds is 4. The Hall–Kier alpha value is -1.55. The van der Waals surface area contributed by atoms with Crippen LogP contribution in [0.15, 0.2) is 24.3 Å². The molecule has 140 valence electrons. The lowest BCUT2D eigenvalue weighted by molar-refractivity contribution is -0.176. The largest absolute Gasteiger partial charge is 0.452 e. The van der Waals surface area contributed by atoms with Crippen LogP contribution in [-0.2, 0) is 14.3 Å². The molecule has 2 unspecified atom stereocenters. The SMILES string of the molecule is Cc1ccc(NC(=O)[C@@H](C)OC(=O)C23C[C@@H]4C[C@@H](CC(Cl)(C4)C2)C3)cc1. The quantitative estimate of drug-likeness (QED) is 0.625. The van der Waals surface area contributed by atoms with E-state index in [4.69, 9.17) is 16.3 Å². The first-order valence-corrected chi connectivity index (χ1v) is 9.92. The van der Waals surface area contributed by atoms with Crippen LogP contribution in [0.25, 0.3) is 0 Å². The maximum Gasteiger partial charge on any atom is 0.312 e. The van der Waals surface area contributed by atoms with Gasteiger partial charge in [-0.1, -0.05) is 17.7 Å². The zero-order valence-electron chi connectivity index (χ0n) is 15.4. The van der Waals surface area contributed by atoms with Gasteiger partial charge in [0.25, 0.3) is 5.91 Å². The molecule has 0 aliphatic heterocycles. The van der Waals surface area contributed by atoms with E-state index in [1.807, 2.05) is 31.2 Å². The molecule has 0 saturated heterocycles. The van der Waals surface area contributed by atoms with Gasteiger partial charge in [-0.15, -0.1) is 11.6 Å².